The van der Waals surface area contributed by atoms with Crippen LogP contribution in [0.1, 0.15) is 5.69 Å². The maximum atomic E-state index is 4.11. The zero-order chi connectivity index (χ0) is 6.97. The van der Waals surface area contributed by atoms with Gasteiger partial charge >= 0.3 is 0 Å². The molecule has 2 rings (SSSR count). The second kappa shape index (κ2) is 1.98. The van der Waals surface area contributed by atoms with Crippen LogP contribution in [0.25, 0.3) is 10.2 Å². The van der Waals surface area contributed by atoms with Gasteiger partial charge in [-0.3, -0.25) is 4.98 Å². The molecule has 2 aromatic heterocycles. The lowest BCUT2D eigenvalue weighted by atomic mass is 10.4. The van der Waals surface area contributed by atoms with Gasteiger partial charge in [0.25, 0.3) is 0 Å². The van der Waals surface area contributed by atoms with Gasteiger partial charge in [-0.05, 0) is 24.5 Å². The highest BCUT2D eigenvalue weighted by atomic mass is 32.1. The molecule has 0 amide bonds. The topological polar surface area (TPSA) is 38.7 Å². The van der Waals surface area contributed by atoms with Crippen LogP contribution < -0.4 is 0 Å². The van der Waals surface area contributed by atoms with E-state index in [9.17, 15) is 0 Å². The van der Waals surface area contributed by atoms with Crippen molar-refractivity contribution in [2.75, 3.05) is 0 Å². The highest BCUT2D eigenvalue weighted by Crippen LogP contribution is 2.13. The average molecular weight is 151 g/mol. The molecule has 0 saturated carbocycles. The van der Waals surface area contributed by atoms with Gasteiger partial charge in [0.1, 0.15) is 5.52 Å². The van der Waals surface area contributed by atoms with Crippen molar-refractivity contribution in [3.63, 3.8) is 0 Å². The Kier molecular flexibility index (Phi) is 1.14. The summed E-state index contributed by atoms with van der Waals surface area (Å²) in [5.74, 6) is 0. The quantitative estimate of drug-likeness (QED) is 0.571. The zero-order valence-electron chi connectivity index (χ0n) is 5.40. The first-order chi connectivity index (χ1) is 4.86. The number of hydrogen-bond donors (Lipinski definition) is 0. The number of rotatable bonds is 0. The molecule has 4 heteroatoms. The van der Waals surface area contributed by atoms with Gasteiger partial charge in [0.2, 0.25) is 0 Å². The summed E-state index contributed by atoms with van der Waals surface area (Å²) >= 11 is 1.37. The Morgan fingerprint density at radius 3 is 3.30 bits per heavy atom. The Morgan fingerprint density at radius 1 is 1.50 bits per heavy atom. The summed E-state index contributed by atoms with van der Waals surface area (Å²) in [6, 6.07) is 1.93. The molecule has 0 unspecified atom stereocenters. The third kappa shape index (κ3) is 0.769. The molecule has 2 aromatic rings. The summed E-state index contributed by atoms with van der Waals surface area (Å²) in [5.41, 5.74) is 1.93. The smallest absolute Gasteiger partial charge is 0.109 e. The summed E-state index contributed by atoms with van der Waals surface area (Å²) in [6.07, 6.45) is 1.80. The lowest BCUT2D eigenvalue weighted by Crippen LogP contribution is -1.77. The molecule has 0 saturated heterocycles. The standard InChI is InChI=1S/C6H5N3S/c1-4-2-5-6(3-7-4)10-9-8-5/h2-3H,1H3. The lowest BCUT2D eigenvalue weighted by molar-refractivity contribution is 1.17. The van der Waals surface area contributed by atoms with Crippen LogP contribution in [0.3, 0.4) is 0 Å². The SMILES string of the molecule is Cc1cc2nnsc2cn1. The van der Waals surface area contributed by atoms with Gasteiger partial charge in [0.05, 0.1) is 4.70 Å². The van der Waals surface area contributed by atoms with E-state index >= 15 is 0 Å². The fourth-order valence-corrected chi connectivity index (χ4v) is 1.30. The van der Waals surface area contributed by atoms with Crippen molar-refractivity contribution < 1.29 is 0 Å². The molecule has 0 aliphatic rings. The monoisotopic (exact) mass is 151 g/mol. The van der Waals surface area contributed by atoms with Crippen molar-refractivity contribution >= 4 is 21.7 Å². The van der Waals surface area contributed by atoms with Gasteiger partial charge in [0.15, 0.2) is 0 Å². The molecule has 0 spiro atoms. The Hall–Kier alpha value is -1.03. The second-order valence-corrected chi connectivity index (χ2v) is 2.85. The molecule has 0 bridgehead atoms. The van der Waals surface area contributed by atoms with Crippen LogP contribution in [-0.4, -0.2) is 14.6 Å². The Balaban J connectivity index is 2.86. The molecule has 0 N–H and O–H groups in total. The number of hydrogen-bond acceptors (Lipinski definition) is 4. The van der Waals surface area contributed by atoms with Gasteiger partial charge in [-0.15, -0.1) is 5.10 Å². The van der Waals surface area contributed by atoms with Crippen molar-refractivity contribution in [3.05, 3.63) is 18.0 Å². The van der Waals surface area contributed by atoms with Gasteiger partial charge in [0, 0.05) is 11.9 Å². The van der Waals surface area contributed by atoms with Crippen LogP contribution in [0.15, 0.2) is 12.3 Å². The molecule has 3 nitrogen and oxygen atoms in total. The Labute approximate surface area is 61.9 Å². The van der Waals surface area contributed by atoms with Crippen molar-refractivity contribution in [2.24, 2.45) is 0 Å². The van der Waals surface area contributed by atoms with Crippen molar-refractivity contribution in [1.29, 1.82) is 0 Å². The van der Waals surface area contributed by atoms with E-state index in [1.54, 1.807) is 6.20 Å². The van der Waals surface area contributed by atoms with Crippen LogP contribution in [-0.2, 0) is 0 Å². The summed E-state index contributed by atoms with van der Waals surface area (Å²) in [6.45, 7) is 1.94. The van der Waals surface area contributed by atoms with Crippen molar-refractivity contribution in [3.8, 4) is 0 Å². The van der Waals surface area contributed by atoms with E-state index in [0.29, 0.717) is 0 Å². The van der Waals surface area contributed by atoms with Crippen LogP contribution >= 0.6 is 11.5 Å². The minimum absolute atomic E-state index is 0.942. The molecule has 0 radical (unpaired) electrons. The number of nitrogens with zero attached hydrogens (tertiary/aromatic N) is 3. The van der Waals surface area contributed by atoms with E-state index in [0.717, 1.165) is 15.9 Å². The number of aryl methyl sites for hydroxylation is 1. The predicted octanol–water partition coefficient (Wildman–Crippen LogP) is 1.39. The third-order valence-corrected chi connectivity index (χ3v) is 1.95. The molecule has 10 heavy (non-hydrogen) atoms. The second-order valence-electron chi connectivity index (χ2n) is 2.07. The van der Waals surface area contributed by atoms with Crippen LogP contribution in [0.4, 0.5) is 0 Å². The molecule has 0 aromatic carbocycles. The lowest BCUT2D eigenvalue weighted by Gasteiger charge is -1.86. The minimum atomic E-state index is 0.942. The normalized spacial score (nSPS) is 10.5. The van der Waals surface area contributed by atoms with Crippen molar-refractivity contribution in [2.45, 2.75) is 6.92 Å². The highest BCUT2D eigenvalue weighted by molar-refractivity contribution is 7.12. The maximum Gasteiger partial charge on any atom is 0.109 e. The molecular weight excluding hydrogens is 146 g/mol. The number of aromatic nitrogens is 3. The summed E-state index contributed by atoms with van der Waals surface area (Å²) in [4.78, 5) is 4.11. The van der Waals surface area contributed by atoms with Crippen LogP contribution in [0, 0.1) is 6.92 Å². The van der Waals surface area contributed by atoms with Crippen LogP contribution in [0.5, 0.6) is 0 Å². The van der Waals surface area contributed by atoms with E-state index in [4.69, 9.17) is 0 Å². The number of fused-ring (bicyclic) bond motifs is 1. The Morgan fingerprint density at radius 2 is 2.40 bits per heavy atom. The zero-order valence-corrected chi connectivity index (χ0v) is 6.22. The first-order valence-corrected chi connectivity index (χ1v) is 3.68. The summed E-state index contributed by atoms with van der Waals surface area (Å²) in [5, 5.41) is 3.91. The van der Waals surface area contributed by atoms with Gasteiger partial charge in [-0.25, -0.2) is 0 Å². The third-order valence-electron chi connectivity index (χ3n) is 1.27. The first-order valence-electron chi connectivity index (χ1n) is 2.91. The first kappa shape index (κ1) is 5.73. The van der Waals surface area contributed by atoms with Crippen LogP contribution in [0.2, 0.25) is 0 Å². The summed E-state index contributed by atoms with van der Waals surface area (Å²) in [7, 11) is 0. The predicted molar refractivity (Wildman–Crippen MR) is 39.9 cm³/mol. The maximum absolute atomic E-state index is 4.11. The summed E-state index contributed by atoms with van der Waals surface area (Å²) < 4.78 is 4.84. The van der Waals surface area contributed by atoms with E-state index < -0.39 is 0 Å². The molecule has 0 aliphatic carbocycles. The fourth-order valence-electron chi connectivity index (χ4n) is 0.790. The average Bonchev–Trinajstić information content (AvgIpc) is 2.33. The Bertz CT molecular complexity index is 355. The highest BCUT2D eigenvalue weighted by Gasteiger charge is 1.96. The molecular formula is C6H5N3S. The van der Waals surface area contributed by atoms with Gasteiger partial charge < -0.3 is 0 Å². The van der Waals surface area contributed by atoms with E-state index in [2.05, 4.69) is 14.6 Å². The van der Waals surface area contributed by atoms with Gasteiger partial charge in [-0.2, -0.15) is 0 Å². The molecule has 0 fully saturated rings. The van der Waals surface area contributed by atoms with E-state index in [-0.39, 0.29) is 0 Å². The number of pyridine rings is 1. The molecule has 0 atom stereocenters. The molecule has 0 aliphatic heterocycles. The fraction of sp³-hybridized carbons (Fsp3) is 0.167. The minimum Gasteiger partial charge on any atom is -0.260 e. The molecule has 50 valence electrons. The van der Waals surface area contributed by atoms with Crippen molar-refractivity contribution in [1.82, 2.24) is 14.6 Å². The largest absolute Gasteiger partial charge is 0.260 e. The van der Waals surface area contributed by atoms with E-state index in [1.165, 1.54) is 11.5 Å². The van der Waals surface area contributed by atoms with Gasteiger partial charge in [-0.1, -0.05) is 4.49 Å². The van der Waals surface area contributed by atoms with E-state index in [1.807, 2.05) is 13.0 Å². The molecule has 2 heterocycles.